The first-order valence-electron chi connectivity index (χ1n) is 9.98. The monoisotopic (exact) mass is 411 g/mol. The highest BCUT2D eigenvalue weighted by Gasteiger charge is 2.29. The molecule has 0 spiro atoms. The number of likely N-dealkylation sites (tertiary alicyclic amines) is 1. The normalized spacial score (nSPS) is 16.1. The molecule has 7 heteroatoms. The van der Waals surface area contributed by atoms with Crippen LogP contribution in [-0.4, -0.2) is 35.7 Å². The van der Waals surface area contributed by atoms with Crippen molar-refractivity contribution in [2.45, 2.75) is 33.6 Å². The van der Waals surface area contributed by atoms with Gasteiger partial charge in [-0.05, 0) is 57.0 Å². The predicted octanol–water partition coefficient (Wildman–Crippen LogP) is 3.89. The highest BCUT2D eigenvalue weighted by atomic mass is 19.1. The van der Waals surface area contributed by atoms with E-state index in [1.54, 1.807) is 4.90 Å². The summed E-state index contributed by atoms with van der Waals surface area (Å²) in [4.78, 5) is 38.6. The van der Waals surface area contributed by atoms with Gasteiger partial charge in [0.1, 0.15) is 5.82 Å². The number of hydrogen-bond acceptors (Lipinski definition) is 3. The first kappa shape index (κ1) is 21.5. The molecule has 6 nitrogen and oxygen atoms in total. The Morgan fingerprint density at radius 2 is 1.73 bits per heavy atom. The molecule has 0 aromatic heterocycles. The lowest BCUT2D eigenvalue weighted by molar-refractivity contribution is -0.121. The average Bonchev–Trinajstić information content (AvgIpc) is 2.69. The van der Waals surface area contributed by atoms with Crippen LogP contribution in [0.15, 0.2) is 36.4 Å². The number of nitrogens with one attached hydrogen (secondary N) is 2. The van der Waals surface area contributed by atoms with Gasteiger partial charge < -0.3 is 15.5 Å². The second-order valence-electron chi connectivity index (χ2n) is 7.83. The minimum Gasteiger partial charge on any atom is -0.338 e. The Labute approximate surface area is 175 Å². The Kier molecular flexibility index (Phi) is 6.50. The first-order valence-corrected chi connectivity index (χ1v) is 9.98. The van der Waals surface area contributed by atoms with Gasteiger partial charge in [0.15, 0.2) is 0 Å². The van der Waals surface area contributed by atoms with Gasteiger partial charge in [-0.1, -0.05) is 17.2 Å². The number of hydrogen-bond donors (Lipinski definition) is 2. The van der Waals surface area contributed by atoms with Gasteiger partial charge in [-0.3, -0.25) is 14.4 Å². The van der Waals surface area contributed by atoms with E-state index >= 15 is 0 Å². The Hall–Kier alpha value is -3.22. The lowest BCUT2D eigenvalue weighted by Gasteiger charge is -2.32. The molecule has 1 atom stereocenters. The van der Waals surface area contributed by atoms with Crippen LogP contribution < -0.4 is 10.6 Å². The molecule has 0 bridgehead atoms. The van der Waals surface area contributed by atoms with E-state index in [4.69, 9.17) is 0 Å². The van der Waals surface area contributed by atoms with Crippen molar-refractivity contribution in [1.82, 2.24) is 4.90 Å². The zero-order valence-corrected chi connectivity index (χ0v) is 17.4. The average molecular weight is 411 g/mol. The second-order valence-corrected chi connectivity index (χ2v) is 7.83. The number of piperidine rings is 1. The maximum absolute atomic E-state index is 13.8. The third kappa shape index (κ3) is 5.23. The Morgan fingerprint density at radius 3 is 2.40 bits per heavy atom. The zero-order valence-electron chi connectivity index (χ0n) is 17.4. The maximum atomic E-state index is 13.8. The molecule has 0 aliphatic carbocycles. The quantitative estimate of drug-likeness (QED) is 0.801. The van der Waals surface area contributed by atoms with Crippen LogP contribution in [0, 0.1) is 25.6 Å². The number of halogens is 1. The van der Waals surface area contributed by atoms with Crippen molar-refractivity contribution in [2.75, 3.05) is 23.7 Å². The smallest absolute Gasteiger partial charge is 0.253 e. The molecule has 1 heterocycles. The molecule has 1 unspecified atom stereocenters. The molecule has 2 N–H and O–H groups in total. The molecule has 0 radical (unpaired) electrons. The highest BCUT2D eigenvalue weighted by molar-refractivity contribution is 5.97. The first-order chi connectivity index (χ1) is 14.2. The van der Waals surface area contributed by atoms with Crippen LogP contribution in [0.2, 0.25) is 0 Å². The number of amides is 3. The standard InChI is InChI=1S/C23H26FN3O3/c1-14-9-15(2)11-18(10-14)23(30)27-8-4-5-17(13-27)22(29)26-19-6-7-20(24)21(12-19)25-16(3)28/h6-7,9-12,17H,4-5,8,13H2,1-3H3,(H,25,28)(H,26,29). The van der Waals surface area contributed by atoms with Crippen LogP contribution in [0.5, 0.6) is 0 Å². The number of carbonyl (C=O) groups excluding carboxylic acids is 3. The van der Waals surface area contributed by atoms with Crippen LogP contribution >= 0.6 is 0 Å². The Balaban J connectivity index is 1.68. The van der Waals surface area contributed by atoms with E-state index in [0.717, 1.165) is 17.5 Å². The number of aryl methyl sites for hydroxylation is 2. The third-order valence-corrected chi connectivity index (χ3v) is 5.09. The van der Waals surface area contributed by atoms with Crippen molar-refractivity contribution >= 4 is 29.1 Å². The molecule has 2 aromatic carbocycles. The largest absolute Gasteiger partial charge is 0.338 e. The molecule has 1 saturated heterocycles. The second kappa shape index (κ2) is 9.07. The van der Waals surface area contributed by atoms with Crippen molar-refractivity contribution in [3.8, 4) is 0 Å². The molecule has 1 fully saturated rings. The SMILES string of the molecule is CC(=O)Nc1cc(NC(=O)C2CCCN(C(=O)c3cc(C)cc(C)c3)C2)ccc1F. The highest BCUT2D eigenvalue weighted by Crippen LogP contribution is 2.24. The lowest BCUT2D eigenvalue weighted by atomic mass is 9.96. The summed E-state index contributed by atoms with van der Waals surface area (Å²) in [5, 5.41) is 5.17. The lowest BCUT2D eigenvalue weighted by Crippen LogP contribution is -2.43. The van der Waals surface area contributed by atoms with Crippen LogP contribution in [-0.2, 0) is 9.59 Å². The fourth-order valence-corrected chi connectivity index (χ4v) is 3.79. The molecule has 1 aliphatic heterocycles. The number of anilines is 2. The van der Waals surface area contributed by atoms with Gasteiger partial charge >= 0.3 is 0 Å². The van der Waals surface area contributed by atoms with Gasteiger partial charge in [0, 0.05) is 31.3 Å². The summed E-state index contributed by atoms with van der Waals surface area (Å²) in [6.45, 7) is 6.13. The van der Waals surface area contributed by atoms with Crippen molar-refractivity contribution in [3.63, 3.8) is 0 Å². The third-order valence-electron chi connectivity index (χ3n) is 5.09. The van der Waals surface area contributed by atoms with E-state index < -0.39 is 11.7 Å². The molecule has 158 valence electrons. The Morgan fingerprint density at radius 1 is 1.03 bits per heavy atom. The summed E-state index contributed by atoms with van der Waals surface area (Å²) >= 11 is 0. The summed E-state index contributed by atoms with van der Waals surface area (Å²) in [5.74, 6) is -1.64. The number of rotatable bonds is 4. The number of carbonyl (C=O) groups is 3. The fourth-order valence-electron chi connectivity index (χ4n) is 3.79. The minimum absolute atomic E-state index is 0.00978. The number of benzene rings is 2. The number of nitrogens with zero attached hydrogens (tertiary/aromatic N) is 1. The Bertz CT molecular complexity index is 969. The molecular weight excluding hydrogens is 385 g/mol. The maximum Gasteiger partial charge on any atom is 0.253 e. The molecule has 1 aliphatic rings. The minimum atomic E-state index is -0.578. The van der Waals surface area contributed by atoms with Gasteiger partial charge in [-0.2, -0.15) is 0 Å². The van der Waals surface area contributed by atoms with Crippen molar-refractivity contribution in [2.24, 2.45) is 5.92 Å². The molecule has 0 saturated carbocycles. The van der Waals surface area contributed by atoms with E-state index in [-0.39, 0.29) is 23.4 Å². The van der Waals surface area contributed by atoms with Crippen molar-refractivity contribution in [3.05, 3.63) is 58.9 Å². The summed E-state index contributed by atoms with van der Waals surface area (Å²) in [5.41, 5.74) is 3.08. The van der Waals surface area contributed by atoms with Gasteiger partial charge in [0.05, 0.1) is 11.6 Å². The van der Waals surface area contributed by atoms with E-state index in [1.165, 1.54) is 25.1 Å². The van der Waals surface area contributed by atoms with Crippen molar-refractivity contribution < 1.29 is 18.8 Å². The molecular formula is C23H26FN3O3. The van der Waals surface area contributed by atoms with Crippen LogP contribution in [0.3, 0.4) is 0 Å². The molecule has 3 rings (SSSR count). The topological polar surface area (TPSA) is 78.5 Å². The summed E-state index contributed by atoms with van der Waals surface area (Å²) < 4.78 is 13.8. The van der Waals surface area contributed by atoms with Crippen molar-refractivity contribution in [1.29, 1.82) is 0 Å². The fraction of sp³-hybridized carbons (Fsp3) is 0.348. The van der Waals surface area contributed by atoms with E-state index in [9.17, 15) is 18.8 Å². The van der Waals surface area contributed by atoms with E-state index in [1.807, 2.05) is 32.0 Å². The van der Waals surface area contributed by atoms with E-state index in [0.29, 0.717) is 30.8 Å². The van der Waals surface area contributed by atoms with Gasteiger partial charge in [0.2, 0.25) is 11.8 Å². The molecule has 2 aromatic rings. The van der Waals surface area contributed by atoms with Gasteiger partial charge in [-0.25, -0.2) is 4.39 Å². The molecule has 3 amide bonds. The van der Waals surface area contributed by atoms with Crippen LogP contribution in [0.1, 0.15) is 41.3 Å². The summed E-state index contributed by atoms with van der Waals surface area (Å²) in [6, 6.07) is 9.76. The molecule has 30 heavy (non-hydrogen) atoms. The summed E-state index contributed by atoms with van der Waals surface area (Å²) in [6.07, 6.45) is 1.40. The summed E-state index contributed by atoms with van der Waals surface area (Å²) in [7, 11) is 0. The predicted molar refractivity (Wildman–Crippen MR) is 114 cm³/mol. The van der Waals surface area contributed by atoms with Gasteiger partial charge in [0.25, 0.3) is 5.91 Å². The van der Waals surface area contributed by atoms with Crippen LogP contribution in [0.4, 0.5) is 15.8 Å². The van der Waals surface area contributed by atoms with Gasteiger partial charge in [-0.15, -0.1) is 0 Å². The van der Waals surface area contributed by atoms with Crippen LogP contribution in [0.25, 0.3) is 0 Å². The van der Waals surface area contributed by atoms with E-state index in [2.05, 4.69) is 10.6 Å². The zero-order chi connectivity index (χ0) is 21.8.